The van der Waals surface area contributed by atoms with E-state index in [4.69, 9.17) is 9.52 Å². The van der Waals surface area contributed by atoms with Gasteiger partial charge in [0.05, 0.1) is 5.69 Å². The summed E-state index contributed by atoms with van der Waals surface area (Å²) in [4.78, 5) is 10.6. The van der Waals surface area contributed by atoms with Gasteiger partial charge in [0.1, 0.15) is 21.7 Å². The number of carboxylic acid groups (broad SMARTS) is 1. The van der Waals surface area contributed by atoms with Gasteiger partial charge >= 0.3 is 5.97 Å². The first-order valence-corrected chi connectivity index (χ1v) is 7.52. The number of carbonyl (C=O) groups is 1. The fourth-order valence-electron chi connectivity index (χ4n) is 1.95. The van der Waals surface area contributed by atoms with Crippen LogP contribution in [-0.4, -0.2) is 34.9 Å². The quantitative estimate of drug-likeness (QED) is 0.659. The highest BCUT2D eigenvalue weighted by atomic mass is 32.2. The molecule has 2 heterocycles. The average molecular weight is 322 g/mol. The van der Waals surface area contributed by atoms with E-state index in [9.17, 15) is 13.2 Å². The molecule has 0 saturated heterocycles. The molecule has 114 valence electrons. The highest BCUT2D eigenvalue weighted by Crippen LogP contribution is 2.24. The molecule has 3 rings (SSSR count). The minimum Gasteiger partial charge on any atom is -0.475 e. The second-order valence-corrected chi connectivity index (χ2v) is 6.12. The Morgan fingerprint density at radius 2 is 2.00 bits per heavy atom. The molecule has 3 aromatic rings. The van der Waals surface area contributed by atoms with E-state index in [1.54, 1.807) is 6.07 Å². The van der Waals surface area contributed by atoms with Gasteiger partial charge < -0.3 is 9.52 Å². The number of aromatic nitrogens is 3. The summed E-state index contributed by atoms with van der Waals surface area (Å²) in [5.41, 5.74) is 1.37. The normalized spacial score (nSPS) is 11.7. The summed E-state index contributed by atoms with van der Waals surface area (Å²) in [5, 5.41) is 19.0. The SMILES string of the molecule is Cc1oc(C(=O)O)cc1S(=O)(=O)Nc1ccc2n[nH]nc2c1. The maximum atomic E-state index is 12.3. The minimum absolute atomic E-state index is 0.00702. The third kappa shape index (κ3) is 2.39. The van der Waals surface area contributed by atoms with Gasteiger partial charge in [-0.1, -0.05) is 0 Å². The Bertz CT molecular complexity index is 972. The Balaban J connectivity index is 1.97. The number of nitrogens with zero attached hydrogens (tertiary/aromatic N) is 2. The predicted octanol–water partition coefficient (Wildman–Crippen LogP) is 1.36. The minimum atomic E-state index is -3.97. The average Bonchev–Trinajstić information content (AvgIpc) is 3.04. The van der Waals surface area contributed by atoms with Crippen LogP contribution in [-0.2, 0) is 10.0 Å². The molecule has 1 aromatic carbocycles. The molecule has 3 N–H and O–H groups in total. The van der Waals surface area contributed by atoms with Crippen LogP contribution in [0.4, 0.5) is 5.69 Å². The first-order valence-electron chi connectivity index (χ1n) is 6.04. The number of anilines is 1. The summed E-state index contributed by atoms with van der Waals surface area (Å²) < 4.78 is 31.9. The van der Waals surface area contributed by atoms with Crippen molar-refractivity contribution in [2.45, 2.75) is 11.8 Å². The number of hydrogen-bond donors (Lipinski definition) is 3. The molecule has 0 radical (unpaired) electrons. The molecule has 0 spiro atoms. The van der Waals surface area contributed by atoms with E-state index in [0.717, 1.165) is 6.07 Å². The molecule has 22 heavy (non-hydrogen) atoms. The van der Waals surface area contributed by atoms with E-state index >= 15 is 0 Å². The lowest BCUT2D eigenvalue weighted by Gasteiger charge is -2.06. The zero-order valence-corrected chi connectivity index (χ0v) is 12.0. The lowest BCUT2D eigenvalue weighted by atomic mass is 10.3. The number of nitrogens with one attached hydrogen (secondary N) is 2. The van der Waals surface area contributed by atoms with Crippen LogP contribution < -0.4 is 4.72 Å². The Morgan fingerprint density at radius 1 is 1.27 bits per heavy atom. The van der Waals surface area contributed by atoms with E-state index in [1.165, 1.54) is 19.1 Å². The Morgan fingerprint density at radius 3 is 2.68 bits per heavy atom. The fraction of sp³-hybridized carbons (Fsp3) is 0.0833. The molecular weight excluding hydrogens is 312 g/mol. The van der Waals surface area contributed by atoms with Gasteiger partial charge in [-0.2, -0.15) is 15.4 Å². The number of furan rings is 1. The zero-order valence-electron chi connectivity index (χ0n) is 11.2. The Hall–Kier alpha value is -2.88. The molecular formula is C12H10N4O5S. The van der Waals surface area contributed by atoms with Gasteiger partial charge in [-0.05, 0) is 25.1 Å². The molecule has 0 aliphatic rings. The number of carboxylic acids is 1. The Kier molecular flexibility index (Phi) is 3.10. The number of benzene rings is 1. The van der Waals surface area contributed by atoms with Gasteiger partial charge in [-0.25, -0.2) is 13.2 Å². The molecule has 0 aliphatic heterocycles. The summed E-state index contributed by atoms with van der Waals surface area (Å²) in [6.45, 7) is 1.38. The van der Waals surface area contributed by atoms with Crippen LogP contribution >= 0.6 is 0 Å². The maximum absolute atomic E-state index is 12.3. The van der Waals surface area contributed by atoms with E-state index in [0.29, 0.717) is 11.0 Å². The van der Waals surface area contributed by atoms with Crippen molar-refractivity contribution in [2.24, 2.45) is 0 Å². The molecule has 0 unspecified atom stereocenters. The van der Waals surface area contributed by atoms with Crippen molar-refractivity contribution in [2.75, 3.05) is 4.72 Å². The number of hydrogen-bond acceptors (Lipinski definition) is 6. The molecule has 9 nitrogen and oxygen atoms in total. The van der Waals surface area contributed by atoms with Crippen molar-refractivity contribution in [1.82, 2.24) is 15.4 Å². The highest BCUT2D eigenvalue weighted by molar-refractivity contribution is 7.92. The van der Waals surface area contributed by atoms with E-state index < -0.39 is 21.8 Å². The molecule has 0 aliphatic carbocycles. The van der Waals surface area contributed by atoms with Crippen LogP contribution in [0.25, 0.3) is 11.0 Å². The van der Waals surface area contributed by atoms with Crippen LogP contribution in [0, 0.1) is 6.92 Å². The number of H-pyrrole nitrogens is 1. The van der Waals surface area contributed by atoms with Crippen LogP contribution in [0.3, 0.4) is 0 Å². The zero-order chi connectivity index (χ0) is 15.9. The number of sulfonamides is 1. The van der Waals surface area contributed by atoms with Crippen LogP contribution in [0.5, 0.6) is 0 Å². The summed E-state index contributed by atoms with van der Waals surface area (Å²) in [7, 11) is -3.97. The van der Waals surface area contributed by atoms with Crippen molar-refractivity contribution in [1.29, 1.82) is 0 Å². The smallest absolute Gasteiger partial charge is 0.371 e. The van der Waals surface area contributed by atoms with E-state index in [2.05, 4.69) is 20.1 Å². The monoisotopic (exact) mass is 322 g/mol. The molecule has 0 saturated carbocycles. The van der Waals surface area contributed by atoms with E-state index in [-0.39, 0.29) is 16.3 Å². The lowest BCUT2D eigenvalue weighted by Crippen LogP contribution is -2.13. The maximum Gasteiger partial charge on any atom is 0.371 e. The molecule has 0 fully saturated rings. The fourth-order valence-corrected chi connectivity index (χ4v) is 3.18. The van der Waals surface area contributed by atoms with Crippen molar-refractivity contribution < 1.29 is 22.7 Å². The van der Waals surface area contributed by atoms with Crippen molar-refractivity contribution >= 4 is 32.7 Å². The van der Waals surface area contributed by atoms with Crippen molar-refractivity contribution in [3.05, 3.63) is 35.8 Å². The third-order valence-electron chi connectivity index (χ3n) is 2.94. The second kappa shape index (κ2) is 4.84. The largest absolute Gasteiger partial charge is 0.475 e. The van der Waals surface area contributed by atoms with E-state index in [1.807, 2.05) is 0 Å². The van der Waals surface area contributed by atoms with Gasteiger partial charge in [-0.3, -0.25) is 4.72 Å². The summed E-state index contributed by atoms with van der Waals surface area (Å²) >= 11 is 0. The topological polar surface area (TPSA) is 138 Å². The highest BCUT2D eigenvalue weighted by Gasteiger charge is 2.24. The van der Waals surface area contributed by atoms with Crippen molar-refractivity contribution in [3.8, 4) is 0 Å². The summed E-state index contributed by atoms with van der Waals surface area (Å²) in [5.74, 6) is -1.79. The summed E-state index contributed by atoms with van der Waals surface area (Å²) in [6, 6.07) is 5.59. The Labute approximate surface area is 124 Å². The third-order valence-corrected chi connectivity index (χ3v) is 4.43. The van der Waals surface area contributed by atoms with Crippen LogP contribution in [0.15, 0.2) is 33.6 Å². The lowest BCUT2D eigenvalue weighted by molar-refractivity contribution is 0.0661. The van der Waals surface area contributed by atoms with Gasteiger partial charge in [0, 0.05) is 6.07 Å². The number of aromatic carboxylic acids is 1. The van der Waals surface area contributed by atoms with Crippen LogP contribution in [0.2, 0.25) is 0 Å². The van der Waals surface area contributed by atoms with Crippen LogP contribution in [0.1, 0.15) is 16.3 Å². The summed E-state index contributed by atoms with van der Waals surface area (Å²) in [6.07, 6.45) is 0. The first kappa shape index (κ1) is 14.1. The number of fused-ring (bicyclic) bond motifs is 1. The van der Waals surface area contributed by atoms with Gasteiger partial charge in [-0.15, -0.1) is 0 Å². The second-order valence-electron chi connectivity index (χ2n) is 4.47. The molecule has 0 bridgehead atoms. The molecule has 0 atom stereocenters. The number of rotatable bonds is 4. The standard InChI is InChI=1S/C12H10N4O5S/c1-6-11(5-10(21-6)12(17)18)22(19,20)15-7-2-3-8-9(4-7)14-16-13-8/h2-5,15H,1H3,(H,17,18)(H,13,14,16). The molecule has 10 heteroatoms. The molecule has 2 aromatic heterocycles. The molecule has 0 amide bonds. The first-order chi connectivity index (χ1) is 10.4. The number of aryl methyl sites for hydroxylation is 1. The van der Waals surface area contributed by atoms with Gasteiger partial charge in [0.2, 0.25) is 5.76 Å². The van der Waals surface area contributed by atoms with Gasteiger partial charge in [0.25, 0.3) is 10.0 Å². The van der Waals surface area contributed by atoms with Crippen molar-refractivity contribution in [3.63, 3.8) is 0 Å². The number of aromatic amines is 1. The van der Waals surface area contributed by atoms with Gasteiger partial charge in [0.15, 0.2) is 0 Å². The predicted molar refractivity (Wildman–Crippen MR) is 75.1 cm³/mol.